The predicted molar refractivity (Wildman–Crippen MR) is 61.9 cm³/mol. The molecule has 94 valence electrons. The highest BCUT2D eigenvalue weighted by Crippen LogP contribution is 2.17. The van der Waals surface area contributed by atoms with Crippen LogP contribution in [0.3, 0.4) is 0 Å². The third-order valence-electron chi connectivity index (χ3n) is 2.66. The fraction of sp³-hybridized carbons (Fsp3) is 0.818. The maximum absolute atomic E-state index is 11.2. The Labute approximate surface area is 96.4 Å². The lowest BCUT2D eigenvalue weighted by atomic mass is 9.91. The lowest BCUT2D eigenvalue weighted by Crippen LogP contribution is -2.56. The van der Waals surface area contributed by atoms with E-state index in [-0.39, 0.29) is 0 Å². The van der Waals surface area contributed by atoms with Crippen LogP contribution in [0.15, 0.2) is 0 Å². The summed E-state index contributed by atoms with van der Waals surface area (Å²) >= 11 is 0. The van der Waals surface area contributed by atoms with Gasteiger partial charge >= 0.3 is 5.97 Å². The lowest BCUT2D eigenvalue weighted by Gasteiger charge is -2.29. The first-order chi connectivity index (χ1) is 7.19. The third kappa shape index (κ3) is 4.61. The molecular formula is C11H22N2O3. The molecule has 0 rings (SSSR count). The van der Waals surface area contributed by atoms with Crippen molar-refractivity contribution in [3.8, 4) is 0 Å². The maximum Gasteiger partial charge on any atom is 0.323 e. The van der Waals surface area contributed by atoms with Crippen molar-refractivity contribution < 1.29 is 14.7 Å². The molecular weight excluding hydrogens is 208 g/mol. The van der Waals surface area contributed by atoms with Gasteiger partial charge in [0.15, 0.2) is 0 Å². The van der Waals surface area contributed by atoms with E-state index in [4.69, 9.17) is 10.8 Å². The molecule has 0 aromatic rings. The molecule has 0 spiro atoms. The van der Waals surface area contributed by atoms with Crippen LogP contribution in [0.4, 0.5) is 0 Å². The molecule has 1 amide bonds. The van der Waals surface area contributed by atoms with E-state index in [0.717, 1.165) is 6.42 Å². The topological polar surface area (TPSA) is 92.4 Å². The Hall–Kier alpha value is -1.10. The third-order valence-corrected chi connectivity index (χ3v) is 2.66. The Bertz CT molecular complexity index is 266. The van der Waals surface area contributed by atoms with Crippen LogP contribution in [0.5, 0.6) is 0 Å². The summed E-state index contributed by atoms with van der Waals surface area (Å²) in [5, 5.41) is 11.9. The van der Waals surface area contributed by atoms with E-state index in [2.05, 4.69) is 5.32 Å². The Morgan fingerprint density at radius 1 is 1.38 bits per heavy atom. The van der Waals surface area contributed by atoms with Gasteiger partial charge in [-0.3, -0.25) is 14.9 Å². The minimum Gasteiger partial charge on any atom is -0.480 e. The number of carboxylic acid groups (broad SMARTS) is 1. The first-order valence-corrected chi connectivity index (χ1v) is 5.49. The minimum atomic E-state index is -1.10. The second-order valence-electron chi connectivity index (χ2n) is 4.84. The van der Waals surface area contributed by atoms with E-state index in [1.54, 1.807) is 13.8 Å². The van der Waals surface area contributed by atoms with E-state index in [1.165, 1.54) is 0 Å². The zero-order chi connectivity index (χ0) is 12.9. The Balaban J connectivity index is 4.57. The Morgan fingerprint density at radius 2 is 1.88 bits per heavy atom. The van der Waals surface area contributed by atoms with Gasteiger partial charge in [0.1, 0.15) is 5.54 Å². The molecule has 0 saturated heterocycles. The van der Waals surface area contributed by atoms with Gasteiger partial charge < -0.3 is 10.8 Å². The minimum absolute atomic E-state index is 0.421. The van der Waals surface area contributed by atoms with Crippen LogP contribution in [-0.4, -0.2) is 28.6 Å². The molecule has 0 fully saturated rings. The van der Waals surface area contributed by atoms with Crippen molar-refractivity contribution in [3.63, 3.8) is 0 Å². The van der Waals surface area contributed by atoms with Crippen LogP contribution in [0.1, 0.15) is 40.5 Å². The van der Waals surface area contributed by atoms with Gasteiger partial charge in [0.2, 0.25) is 5.91 Å². The average Bonchev–Trinajstić information content (AvgIpc) is 2.14. The number of carbonyl (C=O) groups excluding carboxylic acids is 1. The smallest absolute Gasteiger partial charge is 0.323 e. The molecule has 0 aromatic carbocycles. The van der Waals surface area contributed by atoms with Gasteiger partial charge in [-0.15, -0.1) is 0 Å². The molecule has 0 aliphatic carbocycles. The number of carboxylic acids is 1. The molecule has 0 heterocycles. The summed E-state index contributed by atoms with van der Waals surface area (Å²) in [6, 6.07) is -0.645. The van der Waals surface area contributed by atoms with E-state index in [9.17, 15) is 9.59 Å². The SMILES string of the molecule is CC(C)CCC(C)(NC(C)C(N)=O)C(=O)O. The predicted octanol–water partition coefficient (Wildman–Crippen LogP) is 0.729. The van der Waals surface area contributed by atoms with E-state index in [1.807, 2.05) is 13.8 Å². The highest BCUT2D eigenvalue weighted by molar-refractivity contribution is 5.82. The molecule has 0 radical (unpaired) electrons. The second kappa shape index (κ2) is 5.84. The summed E-state index contributed by atoms with van der Waals surface area (Å²) < 4.78 is 0. The molecule has 4 N–H and O–H groups in total. The number of primary amides is 1. The van der Waals surface area contributed by atoms with Crippen molar-refractivity contribution in [1.29, 1.82) is 0 Å². The zero-order valence-corrected chi connectivity index (χ0v) is 10.4. The van der Waals surface area contributed by atoms with Crippen molar-refractivity contribution in [2.24, 2.45) is 11.7 Å². The normalized spacial score (nSPS) is 16.8. The standard InChI is InChI=1S/C11H22N2O3/c1-7(2)5-6-11(4,10(15)16)13-8(3)9(12)14/h7-8,13H,5-6H2,1-4H3,(H2,12,14)(H,15,16). The quantitative estimate of drug-likeness (QED) is 0.601. The van der Waals surface area contributed by atoms with E-state index >= 15 is 0 Å². The molecule has 0 bridgehead atoms. The molecule has 5 heteroatoms. The van der Waals surface area contributed by atoms with Gasteiger partial charge in [-0.1, -0.05) is 13.8 Å². The number of nitrogens with two attached hydrogens (primary N) is 1. The van der Waals surface area contributed by atoms with Gasteiger partial charge in [0.25, 0.3) is 0 Å². The summed E-state index contributed by atoms with van der Waals surface area (Å²) in [5.74, 6) is -1.08. The number of aliphatic carboxylic acids is 1. The number of amides is 1. The lowest BCUT2D eigenvalue weighted by molar-refractivity contribution is -0.145. The first-order valence-electron chi connectivity index (χ1n) is 5.49. The number of carbonyl (C=O) groups is 2. The van der Waals surface area contributed by atoms with Crippen molar-refractivity contribution in [2.45, 2.75) is 52.1 Å². The summed E-state index contributed by atoms with van der Waals surface area (Å²) in [5.41, 5.74) is 4.01. The monoisotopic (exact) mass is 230 g/mol. The van der Waals surface area contributed by atoms with E-state index in [0.29, 0.717) is 12.3 Å². The van der Waals surface area contributed by atoms with Crippen molar-refractivity contribution in [3.05, 3.63) is 0 Å². The number of rotatable bonds is 7. The second-order valence-corrected chi connectivity index (χ2v) is 4.84. The summed E-state index contributed by atoms with van der Waals surface area (Å²) in [7, 11) is 0. The van der Waals surface area contributed by atoms with E-state index < -0.39 is 23.5 Å². The molecule has 0 aromatic heterocycles. The number of nitrogens with one attached hydrogen (secondary N) is 1. The molecule has 2 atom stereocenters. The summed E-state index contributed by atoms with van der Waals surface area (Å²) in [6.45, 7) is 7.20. The number of hydrogen-bond donors (Lipinski definition) is 3. The van der Waals surface area contributed by atoms with Crippen molar-refractivity contribution >= 4 is 11.9 Å². The van der Waals surface area contributed by atoms with Crippen LogP contribution in [0, 0.1) is 5.92 Å². The zero-order valence-electron chi connectivity index (χ0n) is 10.4. The number of hydrogen-bond acceptors (Lipinski definition) is 3. The van der Waals surface area contributed by atoms with Gasteiger partial charge in [-0.05, 0) is 32.6 Å². The molecule has 5 nitrogen and oxygen atoms in total. The molecule has 0 aliphatic rings. The van der Waals surface area contributed by atoms with Crippen molar-refractivity contribution in [2.75, 3.05) is 0 Å². The van der Waals surface area contributed by atoms with Gasteiger partial charge in [-0.25, -0.2) is 0 Å². The van der Waals surface area contributed by atoms with Crippen LogP contribution in [0.2, 0.25) is 0 Å². The molecule has 0 saturated carbocycles. The highest BCUT2D eigenvalue weighted by atomic mass is 16.4. The first kappa shape index (κ1) is 14.9. The maximum atomic E-state index is 11.2. The summed E-state index contributed by atoms with van der Waals surface area (Å²) in [6.07, 6.45) is 1.25. The molecule has 0 aliphatic heterocycles. The molecule has 16 heavy (non-hydrogen) atoms. The fourth-order valence-electron chi connectivity index (χ4n) is 1.37. The van der Waals surface area contributed by atoms with Crippen LogP contribution in [-0.2, 0) is 9.59 Å². The Kier molecular flexibility index (Phi) is 5.44. The van der Waals surface area contributed by atoms with Crippen LogP contribution in [0.25, 0.3) is 0 Å². The van der Waals surface area contributed by atoms with Crippen molar-refractivity contribution in [1.82, 2.24) is 5.32 Å². The van der Waals surface area contributed by atoms with Gasteiger partial charge in [-0.2, -0.15) is 0 Å². The summed E-state index contributed by atoms with van der Waals surface area (Å²) in [4.78, 5) is 22.1. The Morgan fingerprint density at radius 3 is 2.19 bits per heavy atom. The van der Waals surface area contributed by atoms with Crippen LogP contribution < -0.4 is 11.1 Å². The van der Waals surface area contributed by atoms with Crippen LogP contribution >= 0.6 is 0 Å². The largest absolute Gasteiger partial charge is 0.480 e. The van der Waals surface area contributed by atoms with Gasteiger partial charge in [0, 0.05) is 0 Å². The average molecular weight is 230 g/mol. The highest BCUT2D eigenvalue weighted by Gasteiger charge is 2.34. The van der Waals surface area contributed by atoms with Gasteiger partial charge in [0.05, 0.1) is 6.04 Å². The molecule has 2 unspecified atom stereocenters. The fourth-order valence-corrected chi connectivity index (χ4v) is 1.37.